The molecule has 6 nitrogen and oxygen atoms in total. The number of ether oxygens (including phenoxy) is 1. The van der Waals surface area contributed by atoms with Crippen molar-refractivity contribution >= 4 is 5.97 Å². The van der Waals surface area contributed by atoms with E-state index in [9.17, 15) is 9.59 Å². The standard InChI is InChI=1S/C13H15N3O3/c1-3-19-12(17)8-16-13(18)15(9-14-16)11-6-4-10(2)5-7-11/h4-7,9H,3,8H2,1-2H3. The lowest BCUT2D eigenvalue weighted by Crippen LogP contribution is -2.27. The van der Waals surface area contributed by atoms with Crippen molar-refractivity contribution in [3.05, 3.63) is 46.6 Å². The second-order valence-corrected chi connectivity index (χ2v) is 4.08. The van der Waals surface area contributed by atoms with Gasteiger partial charge >= 0.3 is 11.7 Å². The van der Waals surface area contributed by atoms with Crippen LogP contribution in [0.25, 0.3) is 5.69 Å². The van der Waals surface area contributed by atoms with Crippen LogP contribution in [0.15, 0.2) is 35.4 Å². The van der Waals surface area contributed by atoms with E-state index in [0.29, 0.717) is 5.69 Å². The lowest BCUT2D eigenvalue weighted by molar-refractivity contribution is -0.144. The van der Waals surface area contributed by atoms with Crippen LogP contribution < -0.4 is 5.69 Å². The van der Waals surface area contributed by atoms with Gasteiger partial charge in [-0.25, -0.2) is 14.0 Å². The maximum atomic E-state index is 12.0. The highest BCUT2D eigenvalue weighted by molar-refractivity contribution is 5.68. The van der Waals surface area contributed by atoms with Crippen LogP contribution >= 0.6 is 0 Å². The minimum absolute atomic E-state index is 0.175. The maximum absolute atomic E-state index is 12.0. The molecule has 0 aliphatic heterocycles. The van der Waals surface area contributed by atoms with Crippen LogP contribution in [0.3, 0.4) is 0 Å². The Balaban J connectivity index is 2.25. The molecule has 0 aliphatic carbocycles. The van der Waals surface area contributed by atoms with Gasteiger partial charge in [0.05, 0.1) is 12.3 Å². The topological polar surface area (TPSA) is 66.1 Å². The number of nitrogens with zero attached hydrogens (tertiary/aromatic N) is 3. The van der Waals surface area contributed by atoms with Crippen molar-refractivity contribution in [2.75, 3.05) is 6.61 Å². The van der Waals surface area contributed by atoms with Crippen LogP contribution in [0.4, 0.5) is 0 Å². The van der Waals surface area contributed by atoms with Crippen molar-refractivity contribution in [1.29, 1.82) is 0 Å². The van der Waals surface area contributed by atoms with Crippen molar-refractivity contribution in [2.45, 2.75) is 20.4 Å². The second-order valence-electron chi connectivity index (χ2n) is 4.08. The minimum Gasteiger partial charge on any atom is -0.465 e. The molecule has 1 aromatic heterocycles. The Morgan fingerprint density at radius 2 is 2.00 bits per heavy atom. The van der Waals surface area contributed by atoms with Gasteiger partial charge in [0.1, 0.15) is 12.9 Å². The lowest BCUT2D eigenvalue weighted by atomic mass is 10.2. The molecule has 2 rings (SSSR count). The summed E-state index contributed by atoms with van der Waals surface area (Å²) >= 11 is 0. The van der Waals surface area contributed by atoms with Gasteiger partial charge in [-0.2, -0.15) is 5.10 Å². The molecule has 0 unspecified atom stereocenters. The highest BCUT2D eigenvalue weighted by Gasteiger charge is 2.10. The predicted molar refractivity (Wildman–Crippen MR) is 69.2 cm³/mol. The summed E-state index contributed by atoms with van der Waals surface area (Å²) in [5.41, 5.74) is 1.46. The first kappa shape index (κ1) is 13.1. The Kier molecular flexibility index (Phi) is 3.79. The summed E-state index contributed by atoms with van der Waals surface area (Å²) in [7, 11) is 0. The third-order valence-electron chi connectivity index (χ3n) is 2.63. The van der Waals surface area contributed by atoms with Crippen LogP contribution in [0, 0.1) is 6.92 Å². The Hall–Kier alpha value is -2.37. The molecule has 0 saturated carbocycles. The molecule has 6 heteroatoms. The first-order chi connectivity index (χ1) is 9.11. The summed E-state index contributed by atoms with van der Waals surface area (Å²) in [6.07, 6.45) is 1.40. The van der Waals surface area contributed by atoms with Gasteiger partial charge in [-0.15, -0.1) is 0 Å². The Morgan fingerprint density at radius 3 is 2.63 bits per heavy atom. The molecule has 1 aromatic carbocycles. The molecule has 2 aromatic rings. The van der Waals surface area contributed by atoms with E-state index in [4.69, 9.17) is 4.74 Å². The van der Waals surface area contributed by atoms with E-state index >= 15 is 0 Å². The van der Waals surface area contributed by atoms with Crippen LogP contribution in [-0.4, -0.2) is 26.9 Å². The van der Waals surface area contributed by atoms with E-state index < -0.39 is 5.97 Å². The first-order valence-corrected chi connectivity index (χ1v) is 5.99. The highest BCUT2D eigenvalue weighted by atomic mass is 16.5. The molecule has 19 heavy (non-hydrogen) atoms. The quantitative estimate of drug-likeness (QED) is 0.767. The Morgan fingerprint density at radius 1 is 1.32 bits per heavy atom. The number of carbonyl (C=O) groups excluding carboxylic acids is 1. The van der Waals surface area contributed by atoms with Gasteiger partial charge in [0, 0.05) is 0 Å². The molecule has 0 spiro atoms. The van der Waals surface area contributed by atoms with Gasteiger partial charge in [0.2, 0.25) is 0 Å². The van der Waals surface area contributed by atoms with E-state index in [-0.39, 0.29) is 18.8 Å². The van der Waals surface area contributed by atoms with Gasteiger partial charge in [0.15, 0.2) is 0 Å². The van der Waals surface area contributed by atoms with Crippen molar-refractivity contribution in [3.63, 3.8) is 0 Å². The molecule has 0 radical (unpaired) electrons. The number of carbonyl (C=O) groups is 1. The fraction of sp³-hybridized carbons (Fsp3) is 0.308. The molecule has 0 N–H and O–H groups in total. The largest absolute Gasteiger partial charge is 0.465 e. The van der Waals surface area contributed by atoms with Crippen LogP contribution in [0.1, 0.15) is 12.5 Å². The average Bonchev–Trinajstić information content (AvgIpc) is 2.73. The molecule has 0 fully saturated rings. The second kappa shape index (κ2) is 5.51. The first-order valence-electron chi connectivity index (χ1n) is 5.99. The maximum Gasteiger partial charge on any atom is 0.350 e. The smallest absolute Gasteiger partial charge is 0.350 e. The summed E-state index contributed by atoms with van der Waals surface area (Å²) in [5.74, 6) is -0.473. The zero-order valence-electron chi connectivity index (χ0n) is 10.9. The van der Waals surface area contributed by atoms with Crippen LogP contribution in [0.5, 0.6) is 0 Å². The molecular formula is C13H15N3O3. The lowest BCUT2D eigenvalue weighted by Gasteiger charge is -2.01. The average molecular weight is 261 g/mol. The normalized spacial score (nSPS) is 10.4. The Labute approximate surface area is 110 Å². The van der Waals surface area contributed by atoms with Gasteiger partial charge in [-0.3, -0.25) is 4.79 Å². The monoisotopic (exact) mass is 261 g/mol. The molecule has 0 amide bonds. The van der Waals surface area contributed by atoms with Gasteiger partial charge < -0.3 is 4.74 Å². The van der Waals surface area contributed by atoms with Crippen molar-refractivity contribution in [1.82, 2.24) is 14.3 Å². The predicted octanol–water partition coefficient (Wildman–Crippen LogP) is 0.906. The van der Waals surface area contributed by atoms with E-state index in [1.807, 2.05) is 31.2 Å². The fourth-order valence-electron chi connectivity index (χ4n) is 1.66. The zero-order chi connectivity index (χ0) is 13.8. The highest BCUT2D eigenvalue weighted by Crippen LogP contribution is 2.06. The number of esters is 1. The number of hydrogen-bond donors (Lipinski definition) is 0. The van der Waals surface area contributed by atoms with Gasteiger partial charge in [-0.05, 0) is 26.0 Å². The minimum atomic E-state index is -0.473. The summed E-state index contributed by atoms with van der Waals surface area (Å²) < 4.78 is 7.25. The van der Waals surface area contributed by atoms with E-state index in [1.54, 1.807) is 6.92 Å². The summed E-state index contributed by atoms with van der Waals surface area (Å²) in [4.78, 5) is 23.4. The number of rotatable bonds is 4. The molecule has 0 aliphatic rings. The molecule has 100 valence electrons. The number of benzene rings is 1. The SMILES string of the molecule is CCOC(=O)Cn1ncn(-c2ccc(C)cc2)c1=O. The van der Waals surface area contributed by atoms with Crippen molar-refractivity contribution < 1.29 is 9.53 Å². The summed E-state index contributed by atoms with van der Waals surface area (Å²) in [6, 6.07) is 7.47. The Bertz CT molecular complexity index is 625. The van der Waals surface area contributed by atoms with E-state index in [2.05, 4.69) is 5.10 Å². The van der Waals surface area contributed by atoms with Crippen molar-refractivity contribution in [3.8, 4) is 5.69 Å². The third-order valence-corrected chi connectivity index (χ3v) is 2.63. The summed E-state index contributed by atoms with van der Waals surface area (Å²) in [6.45, 7) is 3.79. The van der Waals surface area contributed by atoms with Gasteiger partial charge in [-0.1, -0.05) is 17.7 Å². The molecular weight excluding hydrogens is 246 g/mol. The molecule has 0 bridgehead atoms. The number of hydrogen-bond acceptors (Lipinski definition) is 4. The molecule has 1 heterocycles. The van der Waals surface area contributed by atoms with Crippen molar-refractivity contribution in [2.24, 2.45) is 0 Å². The van der Waals surface area contributed by atoms with E-state index in [1.165, 1.54) is 10.9 Å². The molecule has 0 saturated heterocycles. The van der Waals surface area contributed by atoms with Crippen LogP contribution in [0.2, 0.25) is 0 Å². The van der Waals surface area contributed by atoms with E-state index in [0.717, 1.165) is 10.2 Å². The summed E-state index contributed by atoms with van der Waals surface area (Å²) in [5, 5.41) is 3.90. The number of aromatic nitrogens is 3. The molecule has 0 atom stereocenters. The third kappa shape index (κ3) is 2.90. The zero-order valence-corrected chi connectivity index (χ0v) is 10.9. The fourth-order valence-corrected chi connectivity index (χ4v) is 1.66. The van der Waals surface area contributed by atoms with Crippen LogP contribution in [-0.2, 0) is 16.1 Å². The van der Waals surface area contributed by atoms with Gasteiger partial charge in [0.25, 0.3) is 0 Å². The number of aryl methyl sites for hydroxylation is 1.